The van der Waals surface area contributed by atoms with Gasteiger partial charge in [0.05, 0.1) is 0 Å². The first-order valence-electron chi connectivity index (χ1n) is 9.92. The van der Waals surface area contributed by atoms with Gasteiger partial charge in [0.1, 0.15) is 12.2 Å². The summed E-state index contributed by atoms with van der Waals surface area (Å²) in [7, 11) is 0. The van der Waals surface area contributed by atoms with Crippen LogP contribution in [0, 0.1) is 17.3 Å². The average molecular weight is 357 g/mol. The van der Waals surface area contributed by atoms with Gasteiger partial charge >= 0.3 is 5.97 Å². The van der Waals surface area contributed by atoms with E-state index in [-0.39, 0.29) is 29.0 Å². The largest absolute Gasteiger partial charge is 0.481 e. The molecule has 3 rings (SSSR count). The van der Waals surface area contributed by atoms with Crippen molar-refractivity contribution in [1.82, 2.24) is 0 Å². The molecule has 1 N–H and O–H groups in total. The van der Waals surface area contributed by atoms with E-state index in [0.717, 1.165) is 25.7 Å². The summed E-state index contributed by atoms with van der Waals surface area (Å²) in [5.74, 6) is -0.222. The van der Waals surface area contributed by atoms with Crippen molar-refractivity contribution in [2.24, 2.45) is 17.3 Å². The minimum absolute atomic E-state index is 0.0419. The first-order valence-corrected chi connectivity index (χ1v) is 9.92. The quantitative estimate of drug-likeness (QED) is 0.763. The summed E-state index contributed by atoms with van der Waals surface area (Å²) in [5.41, 5.74) is 4.18. The second-order valence-electron chi connectivity index (χ2n) is 9.71. The number of hydrogen-bond donors (Lipinski definition) is 1. The molecule has 2 aliphatic carbocycles. The minimum Gasteiger partial charge on any atom is -0.481 e. The summed E-state index contributed by atoms with van der Waals surface area (Å²) in [5, 5.41) is 9.06. The van der Waals surface area contributed by atoms with Crippen LogP contribution in [0.3, 0.4) is 0 Å². The molecule has 1 fully saturated rings. The van der Waals surface area contributed by atoms with Gasteiger partial charge in [0.25, 0.3) is 0 Å². The zero-order valence-corrected chi connectivity index (χ0v) is 16.8. The van der Waals surface area contributed by atoms with Crippen LogP contribution >= 0.6 is 0 Å². The zero-order chi connectivity index (χ0) is 19.3. The van der Waals surface area contributed by atoms with Gasteiger partial charge in [-0.2, -0.15) is 0 Å². The maximum Gasteiger partial charge on any atom is 0.310 e. The number of ketones is 1. The van der Waals surface area contributed by atoms with Crippen LogP contribution in [0.25, 0.3) is 0 Å². The molecule has 0 saturated heterocycles. The molecule has 142 valence electrons. The number of fused-ring (bicyclic) bond motifs is 3. The number of carboxylic acid groups (broad SMARTS) is 1. The molecular formula is C23H32O3. The fourth-order valence-electron chi connectivity index (χ4n) is 5.93. The highest BCUT2D eigenvalue weighted by Gasteiger charge is 2.53. The third-order valence-corrected chi connectivity index (χ3v) is 7.05. The van der Waals surface area contributed by atoms with Crippen molar-refractivity contribution in [3.8, 4) is 0 Å². The lowest BCUT2D eigenvalue weighted by Crippen LogP contribution is -2.51. The van der Waals surface area contributed by atoms with Gasteiger partial charge in [-0.1, -0.05) is 52.8 Å². The van der Waals surface area contributed by atoms with Gasteiger partial charge in [-0.15, -0.1) is 0 Å². The lowest BCUT2D eigenvalue weighted by molar-refractivity contribution is -0.143. The SMILES string of the molecule is CC(C)c1ccc2c(c1)CC[C@H]1C(C)(C)C[C@H](C(=O)CC(=O)O)C[C@]21C. The lowest BCUT2D eigenvalue weighted by Gasteiger charge is -2.56. The number of carboxylic acids is 1. The van der Waals surface area contributed by atoms with E-state index in [0.29, 0.717) is 11.8 Å². The van der Waals surface area contributed by atoms with Crippen LogP contribution in [-0.4, -0.2) is 16.9 Å². The molecule has 2 aliphatic rings. The second-order valence-corrected chi connectivity index (χ2v) is 9.71. The summed E-state index contributed by atoms with van der Waals surface area (Å²) >= 11 is 0. The summed E-state index contributed by atoms with van der Waals surface area (Å²) < 4.78 is 0. The normalized spacial score (nSPS) is 29.8. The molecule has 0 aliphatic heterocycles. The van der Waals surface area contributed by atoms with Crippen molar-refractivity contribution in [1.29, 1.82) is 0 Å². The van der Waals surface area contributed by atoms with Crippen LogP contribution < -0.4 is 0 Å². The van der Waals surface area contributed by atoms with Crippen LogP contribution in [0.1, 0.15) is 82.9 Å². The lowest BCUT2D eigenvalue weighted by atomic mass is 9.48. The van der Waals surface area contributed by atoms with Crippen molar-refractivity contribution >= 4 is 11.8 Å². The Morgan fingerprint density at radius 1 is 1.19 bits per heavy atom. The number of benzene rings is 1. The van der Waals surface area contributed by atoms with Crippen LogP contribution in [-0.2, 0) is 21.4 Å². The number of carbonyl (C=O) groups is 2. The molecule has 3 nitrogen and oxygen atoms in total. The third-order valence-electron chi connectivity index (χ3n) is 7.05. The highest BCUT2D eigenvalue weighted by atomic mass is 16.4. The molecule has 0 aromatic heterocycles. The van der Waals surface area contributed by atoms with E-state index >= 15 is 0 Å². The van der Waals surface area contributed by atoms with Crippen molar-refractivity contribution in [3.63, 3.8) is 0 Å². The van der Waals surface area contributed by atoms with Gasteiger partial charge < -0.3 is 5.11 Å². The molecule has 3 heteroatoms. The molecule has 26 heavy (non-hydrogen) atoms. The predicted octanol–water partition coefficient (Wildman–Crippen LogP) is 5.11. The van der Waals surface area contributed by atoms with Gasteiger partial charge in [0, 0.05) is 5.92 Å². The van der Waals surface area contributed by atoms with E-state index in [1.54, 1.807) is 0 Å². The summed E-state index contributed by atoms with van der Waals surface area (Å²) in [6.07, 6.45) is 3.49. The van der Waals surface area contributed by atoms with Crippen molar-refractivity contribution in [2.45, 2.75) is 78.1 Å². The number of Topliss-reactive ketones (excluding diaryl/α,β-unsaturated/α-hetero) is 1. The van der Waals surface area contributed by atoms with Crippen LogP contribution in [0.2, 0.25) is 0 Å². The third kappa shape index (κ3) is 3.21. The van der Waals surface area contributed by atoms with Crippen LogP contribution in [0.4, 0.5) is 0 Å². The first-order chi connectivity index (χ1) is 12.0. The van der Waals surface area contributed by atoms with E-state index in [1.165, 1.54) is 16.7 Å². The molecule has 3 atom stereocenters. The van der Waals surface area contributed by atoms with Crippen molar-refractivity contribution in [3.05, 3.63) is 34.9 Å². The van der Waals surface area contributed by atoms with Gasteiger partial charge in [0.15, 0.2) is 0 Å². The summed E-state index contributed by atoms with van der Waals surface area (Å²) in [4.78, 5) is 23.6. The molecule has 0 radical (unpaired) electrons. The highest BCUT2D eigenvalue weighted by molar-refractivity contribution is 5.96. The smallest absolute Gasteiger partial charge is 0.310 e. The Morgan fingerprint density at radius 3 is 2.50 bits per heavy atom. The number of carbonyl (C=O) groups excluding carboxylic acids is 1. The molecule has 0 unspecified atom stereocenters. The fourth-order valence-corrected chi connectivity index (χ4v) is 5.93. The Balaban J connectivity index is 2.01. The second kappa shape index (κ2) is 6.51. The molecule has 1 aromatic rings. The van der Waals surface area contributed by atoms with E-state index in [9.17, 15) is 9.59 Å². The fraction of sp³-hybridized carbons (Fsp3) is 0.652. The van der Waals surface area contributed by atoms with E-state index in [2.05, 4.69) is 52.8 Å². The number of aryl methyl sites for hydroxylation is 1. The molecule has 1 saturated carbocycles. The van der Waals surface area contributed by atoms with Crippen molar-refractivity contribution in [2.75, 3.05) is 0 Å². The molecule has 1 aromatic carbocycles. The molecule has 0 bridgehead atoms. The monoisotopic (exact) mass is 356 g/mol. The topological polar surface area (TPSA) is 54.4 Å². The molecule has 0 heterocycles. The van der Waals surface area contributed by atoms with Gasteiger partial charge in [-0.3, -0.25) is 9.59 Å². The number of aliphatic carboxylic acids is 1. The average Bonchev–Trinajstić information content (AvgIpc) is 2.52. The summed E-state index contributed by atoms with van der Waals surface area (Å²) in [6.45, 7) is 11.3. The molecular weight excluding hydrogens is 324 g/mol. The number of rotatable bonds is 4. The molecule has 0 amide bonds. The van der Waals surface area contributed by atoms with Crippen LogP contribution in [0.5, 0.6) is 0 Å². The standard InChI is InChI=1S/C23H32O3/c1-14(2)15-6-8-18-16(10-15)7-9-20-22(3,4)12-17(13-23(18,20)5)19(24)11-21(25)26/h6,8,10,14,17,20H,7,9,11-13H2,1-5H3,(H,25,26)/t17-,20-,23+/m0/s1. The number of hydrogen-bond acceptors (Lipinski definition) is 2. The van der Waals surface area contributed by atoms with Gasteiger partial charge in [0.2, 0.25) is 0 Å². The molecule has 0 spiro atoms. The first kappa shape index (κ1) is 19.1. The highest BCUT2D eigenvalue weighted by Crippen LogP contribution is 2.58. The van der Waals surface area contributed by atoms with Crippen molar-refractivity contribution < 1.29 is 14.7 Å². The van der Waals surface area contributed by atoms with Gasteiger partial charge in [-0.05, 0) is 65.0 Å². The predicted molar refractivity (Wildman–Crippen MR) is 103 cm³/mol. The Labute approximate surface area is 157 Å². The maximum atomic E-state index is 12.6. The van der Waals surface area contributed by atoms with E-state index < -0.39 is 5.97 Å². The van der Waals surface area contributed by atoms with Gasteiger partial charge in [-0.25, -0.2) is 0 Å². The zero-order valence-electron chi connectivity index (χ0n) is 16.8. The van der Waals surface area contributed by atoms with E-state index in [4.69, 9.17) is 5.11 Å². The van der Waals surface area contributed by atoms with Crippen LogP contribution in [0.15, 0.2) is 18.2 Å². The Hall–Kier alpha value is -1.64. The minimum atomic E-state index is -1.01. The maximum absolute atomic E-state index is 12.6. The summed E-state index contributed by atoms with van der Waals surface area (Å²) in [6, 6.07) is 6.89. The Bertz CT molecular complexity index is 731. The Morgan fingerprint density at radius 2 is 1.88 bits per heavy atom. The van der Waals surface area contributed by atoms with E-state index in [1.807, 2.05) is 0 Å². The Kier molecular flexibility index (Phi) is 4.79.